The maximum atomic E-state index is 12.4. The number of rotatable bonds is 4. The highest BCUT2D eigenvalue weighted by Gasteiger charge is 2.25. The monoisotopic (exact) mass is 412 g/mol. The number of hydrogen-bond donors (Lipinski definition) is 0. The molecule has 0 saturated heterocycles. The Morgan fingerprint density at radius 3 is 2.20 bits per heavy atom. The first-order valence-corrected chi connectivity index (χ1v) is 9.02. The van der Waals surface area contributed by atoms with Gasteiger partial charge in [0.2, 0.25) is 0 Å². The van der Waals surface area contributed by atoms with Gasteiger partial charge in [0.1, 0.15) is 23.3 Å². The predicted molar refractivity (Wildman–Crippen MR) is 94.5 cm³/mol. The molecule has 126 valence electrons. The summed E-state index contributed by atoms with van der Waals surface area (Å²) in [7, 11) is -4.43. The summed E-state index contributed by atoms with van der Waals surface area (Å²) >= 11 is 18.4. The fourth-order valence-electron chi connectivity index (χ4n) is 1.86. The van der Waals surface area contributed by atoms with Crippen molar-refractivity contribution < 1.29 is 12.6 Å². The molecule has 0 amide bonds. The second-order valence-corrected chi connectivity index (χ2v) is 7.23. The lowest BCUT2D eigenvalue weighted by Crippen LogP contribution is -2.05. The average Bonchev–Trinajstić information content (AvgIpc) is 2.60. The Hall–Kier alpha value is -2.22. The van der Waals surface area contributed by atoms with E-state index in [-0.39, 0.29) is 20.6 Å². The van der Waals surface area contributed by atoms with Gasteiger partial charge in [0.25, 0.3) is 0 Å². The van der Waals surface area contributed by atoms with Crippen LogP contribution in [-0.2, 0) is 14.3 Å². The molecule has 9 heteroatoms. The molecule has 0 radical (unpaired) electrons. The van der Waals surface area contributed by atoms with Gasteiger partial charge in [0, 0.05) is 5.56 Å². The Morgan fingerprint density at radius 1 is 1.04 bits per heavy atom. The summed E-state index contributed by atoms with van der Waals surface area (Å²) in [6.07, 6.45) is 0.524. The van der Waals surface area contributed by atoms with Gasteiger partial charge in [-0.25, -0.2) is 0 Å². The summed E-state index contributed by atoms with van der Waals surface area (Å²) in [4.78, 5) is -0.436. The Labute approximate surface area is 159 Å². The molecule has 0 spiro atoms. The highest BCUT2D eigenvalue weighted by atomic mass is 35.5. The van der Waals surface area contributed by atoms with Crippen LogP contribution in [0, 0.1) is 22.7 Å². The SMILES string of the molecule is N#CC(C#N)=COS(=O)(=O)c1cc(Cl)c(Cl)c(-c2ccccc2)c1Cl. The van der Waals surface area contributed by atoms with Crippen LogP contribution in [-0.4, -0.2) is 8.42 Å². The van der Waals surface area contributed by atoms with Crippen LogP contribution in [0.1, 0.15) is 0 Å². The molecule has 25 heavy (non-hydrogen) atoms. The average molecular weight is 414 g/mol. The molecule has 0 saturated carbocycles. The van der Waals surface area contributed by atoms with Crippen molar-refractivity contribution in [3.8, 4) is 23.3 Å². The highest BCUT2D eigenvalue weighted by Crippen LogP contribution is 2.43. The third-order valence-electron chi connectivity index (χ3n) is 2.99. The molecule has 5 nitrogen and oxygen atoms in total. The van der Waals surface area contributed by atoms with Crippen LogP contribution < -0.4 is 0 Å². The summed E-state index contributed by atoms with van der Waals surface area (Å²) in [5.74, 6) is 0. The van der Waals surface area contributed by atoms with E-state index in [9.17, 15) is 8.42 Å². The van der Waals surface area contributed by atoms with E-state index in [4.69, 9.17) is 45.3 Å². The van der Waals surface area contributed by atoms with Crippen molar-refractivity contribution in [3.63, 3.8) is 0 Å². The lowest BCUT2D eigenvalue weighted by atomic mass is 10.1. The van der Waals surface area contributed by atoms with E-state index < -0.39 is 20.6 Å². The lowest BCUT2D eigenvalue weighted by molar-refractivity contribution is 0.442. The first kappa shape index (κ1) is 19.1. The third kappa shape index (κ3) is 4.07. The predicted octanol–water partition coefficient (Wildman–Crippen LogP) is 4.95. The zero-order valence-corrected chi connectivity index (χ0v) is 15.3. The Kier molecular flexibility index (Phi) is 5.94. The number of nitriles is 2. The number of nitrogens with zero attached hydrogens (tertiary/aromatic N) is 2. The lowest BCUT2D eigenvalue weighted by Gasteiger charge is -2.13. The van der Waals surface area contributed by atoms with Gasteiger partial charge in [0.05, 0.1) is 15.1 Å². The van der Waals surface area contributed by atoms with Crippen molar-refractivity contribution in [1.82, 2.24) is 0 Å². The van der Waals surface area contributed by atoms with Crippen LogP contribution >= 0.6 is 34.8 Å². The Balaban J connectivity index is 2.65. The van der Waals surface area contributed by atoms with Crippen molar-refractivity contribution in [2.45, 2.75) is 4.90 Å². The van der Waals surface area contributed by atoms with Crippen molar-refractivity contribution in [1.29, 1.82) is 10.5 Å². The summed E-state index contributed by atoms with van der Waals surface area (Å²) in [6, 6.07) is 12.6. The molecule has 0 atom stereocenters. The third-order valence-corrected chi connectivity index (χ3v) is 5.49. The van der Waals surface area contributed by atoms with E-state index in [2.05, 4.69) is 4.18 Å². The van der Waals surface area contributed by atoms with Crippen LogP contribution in [0.2, 0.25) is 15.1 Å². The maximum Gasteiger partial charge on any atom is 0.340 e. The first-order chi connectivity index (χ1) is 11.8. The van der Waals surface area contributed by atoms with E-state index in [0.717, 1.165) is 6.07 Å². The van der Waals surface area contributed by atoms with E-state index >= 15 is 0 Å². The zero-order valence-electron chi connectivity index (χ0n) is 12.2. The van der Waals surface area contributed by atoms with E-state index in [1.807, 2.05) is 0 Å². The van der Waals surface area contributed by atoms with Crippen molar-refractivity contribution in [2.75, 3.05) is 0 Å². The molecule has 0 aliphatic rings. The molecule has 2 rings (SSSR count). The van der Waals surface area contributed by atoms with Gasteiger partial charge in [-0.05, 0) is 11.6 Å². The topological polar surface area (TPSA) is 90.9 Å². The van der Waals surface area contributed by atoms with Gasteiger partial charge in [-0.3, -0.25) is 0 Å². The molecule has 2 aromatic rings. The minimum atomic E-state index is -4.43. The van der Waals surface area contributed by atoms with Gasteiger partial charge in [-0.2, -0.15) is 18.9 Å². The van der Waals surface area contributed by atoms with Gasteiger partial charge >= 0.3 is 10.1 Å². The smallest absolute Gasteiger partial charge is 0.340 e. The number of benzene rings is 2. The molecule has 0 bridgehead atoms. The minimum Gasteiger partial charge on any atom is -0.385 e. The van der Waals surface area contributed by atoms with Crippen LogP contribution in [0.4, 0.5) is 0 Å². The van der Waals surface area contributed by atoms with E-state index in [1.54, 1.807) is 30.3 Å². The van der Waals surface area contributed by atoms with Crippen LogP contribution in [0.15, 0.2) is 53.1 Å². The minimum absolute atomic E-state index is 0.0446. The molecule has 0 N–H and O–H groups in total. The summed E-state index contributed by atoms with van der Waals surface area (Å²) in [5, 5.41) is 17.1. The standard InChI is InChI=1S/C16H7Cl3N2O3S/c17-12-6-13(25(22,23)24-9-10(7-20)8-21)16(19)14(15(12)18)11-4-2-1-3-5-11/h1-6,9H. The molecule has 0 aromatic heterocycles. The van der Waals surface area contributed by atoms with Gasteiger partial charge in [0.15, 0.2) is 5.57 Å². The highest BCUT2D eigenvalue weighted by molar-refractivity contribution is 7.87. The summed E-state index contributed by atoms with van der Waals surface area (Å²) in [6.45, 7) is 0. The molecule has 0 unspecified atom stereocenters. The Morgan fingerprint density at radius 2 is 1.64 bits per heavy atom. The largest absolute Gasteiger partial charge is 0.385 e. The molecule has 0 heterocycles. The summed E-state index contributed by atoms with van der Waals surface area (Å²) in [5.41, 5.74) is 0.258. The van der Waals surface area contributed by atoms with Crippen molar-refractivity contribution in [3.05, 3.63) is 63.3 Å². The van der Waals surface area contributed by atoms with Gasteiger partial charge in [-0.1, -0.05) is 65.1 Å². The van der Waals surface area contributed by atoms with Crippen LogP contribution in [0.3, 0.4) is 0 Å². The second kappa shape index (κ2) is 7.77. The molecule has 2 aromatic carbocycles. The maximum absolute atomic E-state index is 12.4. The first-order valence-electron chi connectivity index (χ1n) is 6.48. The number of allylic oxidation sites excluding steroid dienone is 1. The van der Waals surface area contributed by atoms with E-state index in [0.29, 0.717) is 11.8 Å². The zero-order chi connectivity index (χ0) is 18.6. The van der Waals surface area contributed by atoms with Crippen LogP contribution in [0.25, 0.3) is 11.1 Å². The fraction of sp³-hybridized carbons (Fsp3) is 0. The molecular formula is C16H7Cl3N2O3S. The Bertz CT molecular complexity index is 1020. The van der Waals surface area contributed by atoms with E-state index in [1.165, 1.54) is 12.1 Å². The summed E-state index contributed by atoms with van der Waals surface area (Å²) < 4.78 is 29.3. The number of hydrogen-bond acceptors (Lipinski definition) is 5. The molecular weight excluding hydrogens is 407 g/mol. The molecule has 0 aliphatic heterocycles. The normalized spacial score (nSPS) is 10.4. The van der Waals surface area contributed by atoms with Crippen molar-refractivity contribution >= 4 is 44.9 Å². The van der Waals surface area contributed by atoms with Crippen molar-refractivity contribution in [2.24, 2.45) is 0 Å². The second-order valence-electron chi connectivity index (χ2n) is 4.53. The van der Waals surface area contributed by atoms with Crippen LogP contribution in [0.5, 0.6) is 0 Å². The van der Waals surface area contributed by atoms with Gasteiger partial charge < -0.3 is 4.18 Å². The number of halogens is 3. The quantitative estimate of drug-likeness (QED) is 0.306. The molecule has 0 aliphatic carbocycles. The molecule has 0 fully saturated rings. The van der Waals surface area contributed by atoms with Gasteiger partial charge in [-0.15, -0.1) is 0 Å². The fourth-order valence-corrected chi connectivity index (χ4v) is 3.89.